The van der Waals surface area contributed by atoms with Gasteiger partial charge in [0.25, 0.3) is 0 Å². The van der Waals surface area contributed by atoms with Gasteiger partial charge >= 0.3 is 0 Å². The predicted octanol–water partition coefficient (Wildman–Crippen LogP) is 2.27. The molecule has 1 aromatic carbocycles. The largest absolute Gasteiger partial charge is 0.223 e. The molecule has 0 atom stereocenters. The topological polar surface area (TPSA) is 34.1 Å². The minimum absolute atomic E-state index is 0.128. The molecule has 1 aromatic rings. The maximum absolute atomic E-state index is 11.8. The van der Waals surface area contributed by atoms with Crippen LogP contribution in [0, 0.1) is 0 Å². The van der Waals surface area contributed by atoms with Gasteiger partial charge in [0, 0.05) is 0 Å². The van der Waals surface area contributed by atoms with E-state index in [1.807, 2.05) is 0 Å². The number of rotatable bonds is 3. The van der Waals surface area contributed by atoms with Gasteiger partial charge in [0.1, 0.15) is 0 Å². The van der Waals surface area contributed by atoms with E-state index in [4.69, 9.17) is 0 Å². The molecule has 1 fully saturated rings. The van der Waals surface area contributed by atoms with Crippen molar-refractivity contribution >= 4 is 15.9 Å². The molecule has 74 valence electrons. The molecular formula is C11H12O2S. The van der Waals surface area contributed by atoms with Crippen LogP contribution < -0.4 is 0 Å². The first-order chi connectivity index (χ1) is 6.64. The van der Waals surface area contributed by atoms with Crippen molar-refractivity contribution in [3.63, 3.8) is 0 Å². The van der Waals surface area contributed by atoms with Gasteiger partial charge in [-0.2, -0.15) is 0 Å². The molecule has 0 heterocycles. The van der Waals surface area contributed by atoms with Crippen molar-refractivity contribution in [1.82, 2.24) is 0 Å². The third-order valence-corrected chi connectivity index (χ3v) is 4.69. The Bertz CT molecular complexity index is 439. The summed E-state index contributed by atoms with van der Waals surface area (Å²) in [4.78, 5) is 0.436. The molecule has 0 N–H and O–H groups in total. The van der Waals surface area contributed by atoms with Crippen molar-refractivity contribution in [2.75, 3.05) is 0 Å². The van der Waals surface area contributed by atoms with E-state index in [1.165, 1.54) is 0 Å². The van der Waals surface area contributed by atoms with E-state index in [2.05, 4.69) is 6.58 Å². The van der Waals surface area contributed by atoms with Crippen molar-refractivity contribution in [3.8, 4) is 0 Å². The van der Waals surface area contributed by atoms with Gasteiger partial charge in [-0.3, -0.25) is 0 Å². The fourth-order valence-corrected chi connectivity index (χ4v) is 3.02. The lowest BCUT2D eigenvalue weighted by Gasteiger charge is -2.02. The van der Waals surface area contributed by atoms with Crippen LogP contribution in [0.3, 0.4) is 0 Å². The standard InChI is InChI=1S/C11H12O2S/c1-2-9-3-5-10(6-4-9)14(12,13)11-7-8-11/h2-6,11H,1,7-8H2. The second-order valence-corrected chi connectivity index (χ2v) is 5.75. The van der Waals surface area contributed by atoms with Crippen LogP contribution >= 0.6 is 0 Å². The van der Waals surface area contributed by atoms with Crippen molar-refractivity contribution in [2.45, 2.75) is 23.0 Å². The highest BCUT2D eigenvalue weighted by Gasteiger charge is 2.36. The van der Waals surface area contributed by atoms with Crippen LogP contribution in [0.15, 0.2) is 35.7 Å². The first kappa shape index (κ1) is 9.46. The SMILES string of the molecule is C=Cc1ccc(S(=O)(=O)C2CC2)cc1. The van der Waals surface area contributed by atoms with Gasteiger partial charge in [-0.1, -0.05) is 24.8 Å². The summed E-state index contributed by atoms with van der Waals surface area (Å²) in [5.74, 6) is 0. The average Bonchev–Trinajstić information content (AvgIpc) is 3.01. The highest BCUT2D eigenvalue weighted by molar-refractivity contribution is 7.92. The van der Waals surface area contributed by atoms with Gasteiger partial charge in [-0.25, -0.2) is 8.42 Å². The minimum atomic E-state index is -3.03. The zero-order valence-corrected chi connectivity index (χ0v) is 8.63. The van der Waals surface area contributed by atoms with E-state index in [9.17, 15) is 8.42 Å². The third-order valence-electron chi connectivity index (χ3n) is 2.41. The van der Waals surface area contributed by atoms with Gasteiger partial charge in [-0.05, 0) is 30.5 Å². The summed E-state index contributed by atoms with van der Waals surface area (Å²) in [6.07, 6.45) is 3.32. The second-order valence-electron chi connectivity index (χ2n) is 3.52. The van der Waals surface area contributed by atoms with Crippen molar-refractivity contribution in [2.24, 2.45) is 0 Å². The number of hydrogen-bond acceptors (Lipinski definition) is 2. The third kappa shape index (κ3) is 1.60. The van der Waals surface area contributed by atoms with Crippen LogP contribution in [-0.4, -0.2) is 13.7 Å². The van der Waals surface area contributed by atoms with Gasteiger partial charge in [-0.15, -0.1) is 0 Å². The molecule has 0 aliphatic heterocycles. The van der Waals surface area contributed by atoms with Gasteiger partial charge in [0.05, 0.1) is 10.1 Å². The van der Waals surface area contributed by atoms with Crippen LogP contribution in [0.25, 0.3) is 6.08 Å². The van der Waals surface area contributed by atoms with Crippen LogP contribution in [0.4, 0.5) is 0 Å². The monoisotopic (exact) mass is 208 g/mol. The number of hydrogen-bond donors (Lipinski definition) is 0. The van der Waals surface area contributed by atoms with Crippen molar-refractivity contribution in [3.05, 3.63) is 36.4 Å². The first-order valence-corrected chi connectivity index (χ1v) is 6.15. The minimum Gasteiger partial charge on any atom is -0.223 e. The van der Waals surface area contributed by atoms with E-state index in [-0.39, 0.29) is 5.25 Å². The number of sulfone groups is 1. The predicted molar refractivity (Wildman–Crippen MR) is 56.7 cm³/mol. The maximum Gasteiger partial charge on any atom is 0.181 e. The quantitative estimate of drug-likeness (QED) is 0.763. The molecule has 14 heavy (non-hydrogen) atoms. The molecule has 0 spiro atoms. The molecule has 2 rings (SSSR count). The molecule has 0 saturated heterocycles. The lowest BCUT2D eigenvalue weighted by molar-refractivity contribution is 0.595. The lowest BCUT2D eigenvalue weighted by Crippen LogP contribution is -2.06. The molecule has 3 heteroatoms. The zero-order valence-electron chi connectivity index (χ0n) is 7.81. The van der Waals surface area contributed by atoms with Gasteiger partial charge in [0.2, 0.25) is 0 Å². The molecule has 0 aromatic heterocycles. The second kappa shape index (κ2) is 3.24. The fourth-order valence-electron chi connectivity index (χ4n) is 1.36. The molecular weight excluding hydrogens is 196 g/mol. The Hall–Kier alpha value is -1.09. The van der Waals surface area contributed by atoms with Crippen LogP contribution in [0.5, 0.6) is 0 Å². The Balaban J connectivity index is 2.37. The Morgan fingerprint density at radius 1 is 1.21 bits per heavy atom. The van der Waals surface area contributed by atoms with Crippen molar-refractivity contribution in [1.29, 1.82) is 0 Å². The summed E-state index contributed by atoms with van der Waals surface area (Å²) in [7, 11) is -3.03. The summed E-state index contributed by atoms with van der Waals surface area (Å²) < 4.78 is 23.5. The van der Waals surface area contributed by atoms with Gasteiger partial charge < -0.3 is 0 Å². The summed E-state index contributed by atoms with van der Waals surface area (Å²) in [5, 5.41) is -0.128. The summed E-state index contributed by atoms with van der Waals surface area (Å²) in [6, 6.07) is 6.87. The molecule has 1 aliphatic carbocycles. The maximum atomic E-state index is 11.8. The molecule has 1 saturated carbocycles. The molecule has 0 radical (unpaired) electrons. The zero-order chi connectivity index (χ0) is 10.2. The van der Waals surface area contributed by atoms with E-state index < -0.39 is 9.84 Å². The summed E-state index contributed by atoms with van der Waals surface area (Å²) in [5.41, 5.74) is 0.944. The molecule has 1 aliphatic rings. The molecule has 0 bridgehead atoms. The Morgan fingerprint density at radius 2 is 1.79 bits per heavy atom. The Kier molecular flexibility index (Phi) is 2.19. The van der Waals surface area contributed by atoms with Crippen molar-refractivity contribution < 1.29 is 8.42 Å². The summed E-state index contributed by atoms with van der Waals surface area (Å²) >= 11 is 0. The van der Waals surface area contributed by atoms with E-state index in [0.29, 0.717) is 4.90 Å². The number of benzene rings is 1. The highest BCUT2D eigenvalue weighted by atomic mass is 32.2. The van der Waals surface area contributed by atoms with Gasteiger partial charge in [0.15, 0.2) is 9.84 Å². The molecule has 2 nitrogen and oxygen atoms in total. The Labute approximate surface area is 84.2 Å². The first-order valence-electron chi connectivity index (χ1n) is 4.61. The molecule has 0 amide bonds. The van der Waals surface area contributed by atoms with Crippen LogP contribution in [0.2, 0.25) is 0 Å². The lowest BCUT2D eigenvalue weighted by atomic mass is 10.2. The summed E-state index contributed by atoms with van der Waals surface area (Å²) in [6.45, 7) is 3.62. The average molecular weight is 208 g/mol. The normalized spacial score (nSPS) is 16.6. The van der Waals surface area contributed by atoms with Crippen LogP contribution in [0.1, 0.15) is 18.4 Å². The van der Waals surface area contributed by atoms with E-state index in [0.717, 1.165) is 18.4 Å². The highest BCUT2D eigenvalue weighted by Crippen LogP contribution is 2.33. The fraction of sp³-hybridized carbons (Fsp3) is 0.273. The van der Waals surface area contributed by atoms with E-state index in [1.54, 1.807) is 30.3 Å². The molecule has 0 unspecified atom stereocenters. The smallest absolute Gasteiger partial charge is 0.181 e. The van der Waals surface area contributed by atoms with Crippen LogP contribution in [-0.2, 0) is 9.84 Å². The van der Waals surface area contributed by atoms with E-state index >= 15 is 0 Å². The Morgan fingerprint density at radius 3 is 2.21 bits per heavy atom.